The van der Waals surface area contributed by atoms with Gasteiger partial charge in [0.05, 0.1) is 18.8 Å². The molecule has 1 aliphatic heterocycles. The van der Waals surface area contributed by atoms with Crippen molar-refractivity contribution in [1.82, 2.24) is 14.8 Å². The Kier molecular flexibility index (Phi) is 5.57. The molecule has 1 amide bonds. The fraction of sp³-hybridized carbons (Fsp3) is 0.333. The van der Waals surface area contributed by atoms with E-state index in [-0.39, 0.29) is 24.1 Å². The molecule has 1 fully saturated rings. The number of benzene rings is 1. The number of hydrogen-bond acceptors (Lipinski definition) is 4. The highest BCUT2D eigenvalue weighted by Gasteiger charge is 2.21. The molecule has 0 radical (unpaired) electrons. The molecule has 0 atom stereocenters. The minimum atomic E-state index is -0.377. The first-order valence-electron chi connectivity index (χ1n) is 8.27. The molecule has 0 bridgehead atoms. The zero-order valence-electron chi connectivity index (χ0n) is 13.9. The van der Waals surface area contributed by atoms with E-state index in [0.717, 1.165) is 13.1 Å². The Morgan fingerprint density at radius 3 is 2.40 bits per heavy atom. The molecule has 2 heterocycles. The van der Waals surface area contributed by atoms with E-state index in [1.54, 1.807) is 24.4 Å². The van der Waals surface area contributed by atoms with Crippen LogP contribution in [-0.4, -0.2) is 65.7 Å². The molecule has 0 saturated carbocycles. The lowest BCUT2D eigenvalue weighted by Gasteiger charge is -2.33. The largest absolute Gasteiger partial charge is 0.359 e. The molecule has 6 nitrogen and oxygen atoms in total. The van der Waals surface area contributed by atoms with Crippen LogP contribution in [0.1, 0.15) is 10.5 Å². The van der Waals surface area contributed by atoms with Crippen molar-refractivity contribution in [3.8, 4) is 0 Å². The Bertz CT molecular complexity index is 724. The van der Waals surface area contributed by atoms with Crippen molar-refractivity contribution in [3.05, 3.63) is 54.1 Å². The van der Waals surface area contributed by atoms with Crippen molar-refractivity contribution >= 4 is 17.4 Å². The average Bonchev–Trinajstić information content (AvgIpc) is 3.11. The minimum absolute atomic E-state index is 0.0716. The molecular weight excluding hydrogens is 323 g/mol. The normalized spacial score (nSPS) is 15.9. The predicted molar refractivity (Wildman–Crippen MR) is 93.0 cm³/mol. The molecule has 132 valence electrons. The second kappa shape index (κ2) is 8.04. The van der Waals surface area contributed by atoms with Crippen LogP contribution in [-0.2, 0) is 4.79 Å². The highest BCUT2D eigenvalue weighted by atomic mass is 19.1. The number of hydrogen-bond donors (Lipinski definition) is 2. The van der Waals surface area contributed by atoms with Gasteiger partial charge in [0.2, 0.25) is 5.91 Å². The van der Waals surface area contributed by atoms with Gasteiger partial charge in [0.25, 0.3) is 0 Å². The second-order valence-corrected chi connectivity index (χ2v) is 6.12. The molecule has 0 spiro atoms. The maximum Gasteiger partial charge on any atom is 0.238 e. The molecule has 2 N–H and O–H groups in total. The van der Waals surface area contributed by atoms with Gasteiger partial charge in [0.15, 0.2) is 5.78 Å². The summed E-state index contributed by atoms with van der Waals surface area (Å²) in [7, 11) is 0. The lowest BCUT2D eigenvalue weighted by molar-refractivity contribution is -0.117. The average molecular weight is 344 g/mol. The number of H-pyrrole nitrogens is 1. The van der Waals surface area contributed by atoms with Crippen LogP contribution in [0.2, 0.25) is 0 Å². The highest BCUT2D eigenvalue weighted by Crippen LogP contribution is 2.10. The van der Waals surface area contributed by atoms with E-state index in [2.05, 4.69) is 15.2 Å². The van der Waals surface area contributed by atoms with Crippen molar-refractivity contribution in [1.29, 1.82) is 0 Å². The number of aromatic nitrogens is 1. The molecule has 1 aromatic heterocycles. The van der Waals surface area contributed by atoms with Crippen LogP contribution in [0, 0.1) is 5.82 Å². The number of ketones is 1. The zero-order chi connectivity index (χ0) is 17.6. The van der Waals surface area contributed by atoms with Gasteiger partial charge in [-0.2, -0.15) is 0 Å². The standard InChI is InChI=1S/C18H21FN4O2/c19-14-3-1-4-15(11-14)21-18(25)13-23-9-7-22(8-10-23)12-17(24)16-5-2-6-20-16/h1-6,11,20H,7-10,12-13H2,(H,21,25). The number of anilines is 1. The number of piperazine rings is 1. The number of Topliss-reactive ketones (excluding diaryl/α,β-unsaturated/α-hetero) is 1. The molecule has 1 aliphatic rings. The van der Waals surface area contributed by atoms with Crippen molar-refractivity contribution in [3.63, 3.8) is 0 Å². The van der Waals surface area contributed by atoms with Crippen LogP contribution in [0.15, 0.2) is 42.6 Å². The molecule has 2 aromatic rings. The van der Waals surface area contributed by atoms with Crippen LogP contribution in [0.4, 0.5) is 10.1 Å². The van der Waals surface area contributed by atoms with Gasteiger partial charge in [0.1, 0.15) is 5.82 Å². The number of rotatable bonds is 6. The molecular formula is C18H21FN4O2. The van der Waals surface area contributed by atoms with Gasteiger partial charge < -0.3 is 10.3 Å². The number of aromatic amines is 1. The van der Waals surface area contributed by atoms with Crippen molar-refractivity contribution in [2.24, 2.45) is 0 Å². The number of nitrogens with one attached hydrogen (secondary N) is 2. The summed E-state index contributed by atoms with van der Waals surface area (Å²) in [6, 6.07) is 9.43. The quantitative estimate of drug-likeness (QED) is 0.781. The van der Waals surface area contributed by atoms with E-state index in [1.807, 2.05) is 11.0 Å². The Hall–Kier alpha value is -2.51. The van der Waals surface area contributed by atoms with E-state index >= 15 is 0 Å². The van der Waals surface area contributed by atoms with Gasteiger partial charge in [0, 0.05) is 38.1 Å². The Labute approximate surface area is 145 Å². The Balaban J connectivity index is 1.41. The maximum atomic E-state index is 13.1. The fourth-order valence-electron chi connectivity index (χ4n) is 2.87. The smallest absolute Gasteiger partial charge is 0.238 e. The third kappa shape index (κ3) is 4.98. The van der Waals surface area contributed by atoms with E-state index in [9.17, 15) is 14.0 Å². The van der Waals surface area contributed by atoms with Crippen LogP contribution in [0.5, 0.6) is 0 Å². The van der Waals surface area contributed by atoms with Gasteiger partial charge in [-0.1, -0.05) is 6.07 Å². The summed E-state index contributed by atoms with van der Waals surface area (Å²) in [4.78, 5) is 31.2. The second-order valence-electron chi connectivity index (χ2n) is 6.12. The van der Waals surface area contributed by atoms with E-state index in [4.69, 9.17) is 0 Å². The van der Waals surface area contributed by atoms with Gasteiger partial charge in [-0.25, -0.2) is 4.39 Å². The lowest BCUT2D eigenvalue weighted by atomic mass is 10.2. The summed E-state index contributed by atoms with van der Waals surface area (Å²) in [5.41, 5.74) is 1.08. The van der Waals surface area contributed by atoms with Gasteiger partial charge >= 0.3 is 0 Å². The Morgan fingerprint density at radius 1 is 1.04 bits per heavy atom. The number of nitrogens with zero attached hydrogens (tertiary/aromatic N) is 2. The van der Waals surface area contributed by atoms with Crippen LogP contribution in [0.3, 0.4) is 0 Å². The zero-order valence-corrected chi connectivity index (χ0v) is 13.9. The lowest BCUT2D eigenvalue weighted by Crippen LogP contribution is -2.49. The van der Waals surface area contributed by atoms with E-state index in [1.165, 1.54) is 12.1 Å². The third-order valence-corrected chi connectivity index (χ3v) is 4.21. The number of carbonyl (C=O) groups excluding carboxylic acids is 2. The molecule has 0 aliphatic carbocycles. The van der Waals surface area contributed by atoms with Crippen molar-refractivity contribution < 1.29 is 14.0 Å². The van der Waals surface area contributed by atoms with Gasteiger partial charge in [-0.3, -0.25) is 19.4 Å². The first kappa shape index (κ1) is 17.3. The molecule has 25 heavy (non-hydrogen) atoms. The summed E-state index contributed by atoms with van der Waals surface area (Å²) >= 11 is 0. The van der Waals surface area contributed by atoms with E-state index < -0.39 is 0 Å². The van der Waals surface area contributed by atoms with Gasteiger partial charge in [-0.05, 0) is 30.3 Å². The van der Waals surface area contributed by atoms with Crippen LogP contribution < -0.4 is 5.32 Å². The number of carbonyl (C=O) groups is 2. The molecule has 7 heteroatoms. The molecule has 1 saturated heterocycles. The molecule has 3 rings (SSSR count). The SMILES string of the molecule is O=C(CN1CCN(CC(=O)c2ccc[nH]2)CC1)Nc1cccc(F)c1. The summed E-state index contributed by atoms with van der Waals surface area (Å²) in [6.45, 7) is 3.54. The fourth-order valence-corrected chi connectivity index (χ4v) is 2.87. The van der Waals surface area contributed by atoms with Gasteiger partial charge in [-0.15, -0.1) is 0 Å². The first-order valence-corrected chi connectivity index (χ1v) is 8.27. The Morgan fingerprint density at radius 2 is 1.76 bits per heavy atom. The number of amides is 1. The number of halogens is 1. The molecule has 0 unspecified atom stereocenters. The summed E-state index contributed by atoms with van der Waals surface area (Å²) in [5.74, 6) is -0.470. The van der Waals surface area contributed by atoms with Crippen LogP contribution >= 0.6 is 0 Å². The summed E-state index contributed by atoms with van der Waals surface area (Å²) in [5, 5.41) is 2.70. The van der Waals surface area contributed by atoms with Crippen LogP contribution in [0.25, 0.3) is 0 Å². The maximum absolute atomic E-state index is 13.1. The summed E-state index contributed by atoms with van der Waals surface area (Å²) < 4.78 is 13.1. The van der Waals surface area contributed by atoms with Crippen molar-refractivity contribution in [2.75, 3.05) is 44.6 Å². The monoisotopic (exact) mass is 344 g/mol. The highest BCUT2D eigenvalue weighted by molar-refractivity contribution is 5.96. The molecule has 1 aromatic carbocycles. The first-order chi connectivity index (χ1) is 12.1. The van der Waals surface area contributed by atoms with Crippen molar-refractivity contribution in [2.45, 2.75) is 0 Å². The third-order valence-electron chi connectivity index (χ3n) is 4.21. The topological polar surface area (TPSA) is 68.4 Å². The minimum Gasteiger partial charge on any atom is -0.359 e. The predicted octanol–water partition coefficient (Wildman–Crippen LogP) is 1.59. The van der Waals surface area contributed by atoms with E-state index in [0.29, 0.717) is 31.0 Å². The summed E-state index contributed by atoms with van der Waals surface area (Å²) in [6.07, 6.45) is 1.74.